The molecular weight excluding hydrogens is 194 g/mol. The highest BCUT2D eigenvalue weighted by Crippen LogP contribution is 2.44. The van der Waals surface area contributed by atoms with Crippen molar-refractivity contribution in [2.45, 2.75) is 44.4 Å². The van der Waals surface area contributed by atoms with Crippen LogP contribution in [-0.2, 0) is 5.41 Å². The Kier molecular flexibility index (Phi) is 3.65. The van der Waals surface area contributed by atoms with E-state index in [1.54, 1.807) is 0 Å². The highest BCUT2D eigenvalue weighted by molar-refractivity contribution is 5.27. The second kappa shape index (κ2) is 5.01. The van der Waals surface area contributed by atoms with Gasteiger partial charge in [-0.1, -0.05) is 56.5 Å². The molecule has 1 aliphatic carbocycles. The van der Waals surface area contributed by atoms with Gasteiger partial charge in [0.25, 0.3) is 0 Å². The van der Waals surface area contributed by atoms with Gasteiger partial charge in [-0.3, -0.25) is 0 Å². The minimum atomic E-state index is 0.258. The molecule has 1 saturated carbocycles. The van der Waals surface area contributed by atoms with E-state index in [9.17, 15) is 0 Å². The zero-order chi connectivity index (χ0) is 11.4. The van der Waals surface area contributed by atoms with Gasteiger partial charge in [-0.2, -0.15) is 0 Å². The zero-order valence-corrected chi connectivity index (χ0v) is 10.3. The molecule has 0 radical (unpaired) electrons. The number of hydrogen-bond acceptors (Lipinski definition) is 1. The van der Waals surface area contributed by atoms with Gasteiger partial charge >= 0.3 is 0 Å². The number of benzene rings is 1. The van der Waals surface area contributed by atoms with E-state index in [-0.39, 0.29) is 5.41 Å². The Balaban J connectivity index is 2.36. The molecule has 0 heterocycles. The highest BCUT2D eigenvalue weighted by atomic mass is 14.6. The van der Waals surface area contributed by atoms with Crippen molar-refractivity contribution in [3.05, 3.63) is 35.9 Å². The van der Waals surface area contributed by atoms with Crippen molar-refractivity contribution in [2.75, 3.05) is 6.54 Å². The van der Waals surface area contributed by atoms with Crippen molar-refractivity contribution in [1.29, 1.82) is 0 Å². The van der Waals surface area contributed by atoms with Gasteiger partial charge in [-0.05, 0) is 24.3 Å². The lowest BCUT2D eigenvalue weighted by Crippen LogP contribution is -2.44. The number of nitrogens with two attached hydrogens (primary N) is 1. The van der Waals surface area contributed by atoms with Gasteiger partial charge < -0.3 is 5.73 Å². The van der Waals surface area contributed by atoms with Crippen LogP contribution in [0, 0.1) is 5.92 Å². The van der Waals surface area contributed by atoms with E-state index in [2.05, 4.69) is 37.3 Å². The zero-order valence-electron chi connectivity index (χ0n) is 10.3. The van der Waals surface area contributed by atoms with E-state index in [0.29, 0.717) is 0 Å². The van der Waals surface area contributed by atoms with Crippen LogP contribution in [-0.4, -0.2) is 6.54 Å². The molecule has 88 valence electrons. The molecule has 0 bridgehead atoms. The Morgan fingerprint density at radius 1 is 1.25 bits per heavy atom. The molecule has 1 nitrogen and oxygen atoms in total. The third-order valence-corrected chi connectivity index (χ3v) is 4.41. The first-order valence-electron chi connectivity index (χ1n) is 6.59. The van der Waals surface area contributed by atoms with Crippen molar-refractivity contribution < 1.29 is 0 Å². The van der Waals surface area contributed by atoms with Crippen molar-refractivity contribution in [3.8, 4) is 0 Å². The van der Waals surface area contributed by atoms with E-state index in [0.717, 1.165) is 12.5 Å². The predicted molar refractivity (Wildman–Crippen MR) is 69.4 cm³/mol. The molecule has 0 saturated heterocycles. The normalized spacial score (nSPS) is 30.2. The van der Waals surface area contributed by atoms with E-state index < -0.39 is 0 Å². The third kappa shape index (κ3) is 1.89. The lowest BCUT2D eigenvalue weighted by molar-refractivity contribution is 0.185. The van der Waals surface area contributed by atoms with E-state index in [1.807, 2.05) is 0 Å². The fourth-order valence-electron chi connectivity index (χ4n) is 3.44. The largest absolute Gasteiger partial charge is 0.330 e. The first-order chi connectivity index (χ1) is 7.83. The van der Waals surface area contributed by atoms with Crippen LogP contribution in [0.2, 0.25) is 0 Å². The Morgan fingerprint density at radius 2 is 2.00 bits per heavy atom. The minimum Gasteiger partial charge on any atom is -0.330 e. The molecule has 16 heavy (non-hydrogen) atoms. The Labute approximate surface area is 99.0 Å². The van der Waals surface area contributed by atoms with Crippen LogP contribution in [0.1, 0.15) is 44.6 Å². The van der Waals surface area contributed by atoms with Crippen LogP contribution in [0.5, 0.6) is 0 Å². The van der Waals surface area contributed by atoms with Crippen molar-refractivity contribution in [2.24, 2.45) is 11.7 Å². The minimum absolute atomic E-state index is 0.258. The molecule has 2 N–H and O–H groups in total. The monoisotopic (exact) mass is 217 g/mol. The maximum Gasteiger partial charge on any atom is 0.0104 e. The van der Waals surface area contributed by atoms with E-state index >= 15 is 0 Å². The molecule has 0 spiro atoms. The van der Waals surface area contributed by atoms with Crippen molar-refractivity contribution in [1.82, 2.24) is 0 Å². The Morgan fingerprint density at radius 3 is 2.62 bits per heavy atom. The molecule has 1 aromatic rings. The molecule has 0 aromatic heterocycles. The van der Waals surface area contributed by atoms with Crippen LogP contribution in [0.15, 0.2) is 30.3 Å². The maximum atomic E-state index is 6.14. The van der Waals surface area contributed by atoms with Crippen molar-refractivity contribution >= 4 is 0 Å². The second-order valence-electron chi connectivity index (χ2n) is 5.08. The first kappa shape index (κ1) is 11.7. The van der Waals surface area contributed by atoms with Gasteiger partial charge in [0.1, 0.15) is 0 Å². The molecule has 2 unspecified atom stereocenters. The predicted octanol–water partition coefficient (Wildman–Crippen LogP) is 3.48. The summed E-state index contributed by atoms with van der Waals surface area (Å²) in [5.74, 6) is 0.772. The van der Waals surface area contributed by atoms with Gasteiger partial charge in [0, 0.05) is 12.0 Å². The summed E-state index contributed by atoms with van der Waals surface area (Å²) in [4.78, 5) is 0. The SMILES string of the molecule is CCC1CCCCC1(CN)c1ccccc1. The molecule has 0 amide bonds. The van der Waals surface area contributed by atoms with Crippen LogP contribution >= 0.6 is 0 Å². The fourth-order valence-corrected chi connectivity index (χ4v) is 3.44. The van der Waals surface area contributed by atoms with Gasteiger partial charge in [0.15, 0.2) is 0 Å². The molecule has 1 aliphatic rings. The van der Waals surface area contributed by atoms with Gasteiger partial charge in [-0.15, -0.1) is 0 Å². The Bertz CT molecular complexity index is 319. The van der Waals surface area contributed by atoms with Crippen molar-refractivity contribution in [3.63, 3.8) is 0 Å². The molecule has 1 fully saturated rings. The molecular formula is C15H23N. The number of hydrogen-bond donors (Lipinski definition) is 1. The highest BCUT2D eigenvalue weighted by Gasteiger charge is 2.39. The average Bonchev–Trinajstić information content (AvgIpc) is 2.39. The second-order valence-corrected chi connectivity index (χ2v) is 5.08. The van der Waals surface area contributed by atoms with E-state index in [1.165, 1.54) is 37.7 Å². The summed E-state index contributed by atoms with van der Waals surface area (Å²) >= 11 is 0. The van der Waals surface area contributed by atoms with Gasteiger partial charge in [-0.25, -0.2) is 0 Å². The van der Waals surface area contributed by atoms with Crippen LogP contribution < -0.4 is 5.73 Å². The first-order valence-corrected chi connectivity index (χ1v) is 6.59. The summed E-state index contributed by atoms with van der Waals surface area (Å²) in [7, 11) is 0. The summed E-state index contributed by atoms with van der Waals surface area (Å²) < 4.78 is 0. The lowest BCUT2D eigenvalue weighted by Gasteiger charge is -2.44. The molecule has 1 heteroatoms. The fraction of sp³-hybridized carbons (Fsp3) is 0.600. The molecule has 0 aliphatic heterocycles. The molecule has 2 atom stereocenters. The van der Waals surface area contributed by atoms with Crippen LogP contribution in [0.4, 0.5) is 0 Å². The average molecular weight is 217 g/mol. The standard InChI is InChI=1S/C15H23N/c1-2-13-8-6-7-11-15(13,12-16)14-9-4-3-5-10-14/h3-5,9-10,13H,2,6-8,11-12,16H2,1H3. The van der Waals surface area contributed by atoms with E-state index in [4.69, 9.17) is 5.73 Å². The quantitative estimate of drug-likeness (QED) is 0.824. The lowest BCUT2D eigenvalue weighted by atomic mass is 9.62. The molecule has 2 rings (SSSR count). The van der Waals surface area contributed by atoms with Gasteiger partial charge in [0.2, 0.25) is 0 Å². The molecule has 1 aromatic carbocycles. The third-order valence-electron chi connectivity index (χ3n) is 4.41. The summed E-state index contributed by atoms with van der Waals surface area (Å²) in [6.07, 6.45) is 6.59. The summed E-state index contributed by atoms with van der Waals surface area (Å²) in [5.41, 5.74) is 7.86. The number of rotatable bonds is 3. The summed E-state index contributed by atoms with van der Waals surface area (Å²) in [5, 5.41) is 0. The van der Waals surface area contributed by atoms with Gasteiger partial charge in [0.05, 0.1) is 0 Å². The smallest absolute Gasteiger partial charge is 0.0104 e. The summed E-state index contributed by atoms with van der Waals surface area (Å²) in [6, 6.07) is 10.9. The Hall–Kier alpha value is -0.820. The maximum absolute atomic E-state index is 6.14. The van der Waals surface area contributed by atoms with Crippen LogP contribution in [0.3, 0.4) is 0 Å². The topological polar surface area (TPSA) is 26.0 Å². The van der Waals surface area contributed by atoms with Crippen LogP contribution in [0.25, 0.3) is 0 Å². The summed E-state index contributed by atoms with van der Waals surface area (Å²) in [6.45, 7) is 3.11.